The van der Waals surface area contributed by atoms with E-state index < -0.39 is 0 Å². The molecule has 1 fully saturated rings. The molecule has 0 saturated carbocycles. The van der Waals surface area contributed by atoms with Crippen molar-refractivity contribution in [1.29, 1.82) is 0 Å². The summed E-state index contributed by atoms with van der Waals surface area (Å²) in [6, 6.07) is 15.3. The van der Waals surface area contributed by atoms with Gasteiger partial charge in [-0.2, -0.15) is 0 Å². The number of amides is 1. The normalized spacial score (nSPS) is 16.3. The maximum atomic E-state index is 12.6. The number of piperidine rings is 1. The number of hydrogen-bond acceptors (Lipinski definition) is 6. The van der Waals surface area contributed by atoms with Crippen LogP contribution in [0.2, 0.25) is 0 Å². The molecule has 0 radical (unpaired) electrons. The Hall–Kier alpha value is -3.55. The van der Waals surface area contributed by atoms with Crippen molar-refractivity contribution in [3.63, 3.8) is 0 Å². The zero-order valence-corrected chi connectivity index (χ0v) is 16.6. The van der Waals surface area contributed by atoms with Crippen LogP contribution in [0.1, 0.15) is 12.8 Å². The van der Waals surface area contributed by atoms with Crippen molar-refractivity contribution in [2.45, 2.75) is 19.4 Å². The molecule has 0 aliphatic carbocycles. The largest absolute Gasteiger partial charge is 0.354 e. The lowest BCUT2D eigenvalue weighted by Crippen LogP contribution is -2.44. The van der Waals surface area contributed by atoms with Crippen LogP contribution >= 0.6 is 0 Å². The van der Waals surface area contributed by atoms with Gasteiger partial charge in [0.2, 0.25) is 5.91 Å². The van der Waals surface area contributed by atoms with Gasteiger partial charge in [-0.1, -0.05) is 30.3 Å². The van der Waals surface area contributed by atoms with Crippen LogP contribution in [0.3, 0.4) is 0 Å². The molecule has 1 saturated heterocycles. The van der Waals surface area contributed by atoms with Gasteiger partial charge in [0, 0.05) is 44.0 Å². The molecule has 3 aromatic rings. The molecule has 4 rings (SSSR count). The first-order valence-corrected chi connectivity index (χ1v) is 10.1. The van der Waals surface area contributed by atoms with E-state index in [9.17, 15) is 9.59 Å². The van der Waals surface area contributed by atoms with Gasteiger partial charge in [-0.3, -0.25) is 14.2 Å². The average Bonchev–Trinajstić information content (AvgIpc) is 2.81. The van der Waals surface area contributed by atoms with Crippen molar-refractivity contribution in [3.05, 3.63) is 71.4 Å². The van der Waals surface area contributed by atoms with E-state index in [2.05, 4.69) is 25.4 Å². The number of anilines is 1. The van der Waals surface area contributed by atoms with Crippen LogP contribution in [0.5, 0.6) is 0 Å². The maximum absolute atomic E-state index is 12.6. The summed E-state index contributed by atoms with van der Waals surface area (Å²) in [6.07, 6.45) is 4.70. The van der Waals surface area contributed by atoms with Gasteiger partial charge in [0.25, 0.3) is 5.56 Å². The highest BCUT2D eigenvalue weighted by Crippen LogP contribution is 2.23. The minimum atomic E-state index is -0.124. The highest BCUT2D eigenvalue weighted by molar-refractivity contribution is 5.79. The number of nitrogens with one attached hydrogen (secondary N) is 1. The Bertz CT molecular complexity index is 1040. The summed E-state index contributed by atoms with van der Waals surface area (Å²) in [7, 11) is 0. The molecule has 1 N–H and O–H groups in total. The van der Waals surface area contributed by atoms with Gasteiger partial charge in [0.1, 0.15) is 0 Å². The van der Waals surface area contributed by atoms with Gasteiger partial charge in [-0.25, -0.2) is 4.98 Å². The second kappa shape index (κ2) is 9.30. The summed E-state index contributed by atoms with van der Waals surface area (Å²) in [4.78, 5) is 30.4. The smallest absolute Gasteiger partial charge is 0.253 e. The number of aromatic nitrogens is 4. The highest BCUT2D eigenvalue weighted by Gasteiger charge is 2.26. The number of rotatable bonds is 6. The topological polar surface area (TPSA) is 93.0 Å². The van der Waals surface area contributed by atoms with E-state index in [0.29, 0.717) is 19.6 Å². The Morgan fingerprint density at radius 3 is 2.73 bits per heavy atom. The summed E-state index contributed by atoms with van der Waals surface area (Å²) in [5.74, 6) is 0.680. The van der Waals surface area contributed by atoms with Crippen LogP contribution in [0.25, 0.3) is 11.3 Å². The maximum Gasteiger partial charge on any atom is 0.253 e. The van der Waals surface area contributed by atoms with Crippen molar-refractivity contribution >= 4 is 11.7 Å². The van der Waals surface area contributed by atoms with E-state index in [0.717, 1.165) is 36.5 Å². The fraction of sp³-hybridized carbons (Fsp3) is 0.318. The van der Waals surface area contributed by atoms with Gasteiger partial charge >= 0.3 is 0 Å². The molecular weight excluding hydrogens is 380 g/mol. The third kappa shape index (κ3) is 4.71. The summed E-state index contributed by atoms with van der Waals surface area (Å²) in [6.45, 7) is 2.26. The average molecular weight is 404 g/mol. The molecule has 8 heteroatoms. The van der Waals surface area contributed by atoms with Gasteiger partial charge in [0.05, 0.1) is 17.9 Å². The lowest BCUT2D eigenvalue weighted by Gasteiger charge is -2.32. The predicted molar refractivity (Wildman–Crippen MR) is 114 cm³/mol. The van der Waals surface area contributed by atoms with Crippen LogP contribution < -0.4 is 15.8 Å². The number of carbonyl (C=O) groups excluding carboxylic acids is 1. The third-order valence-corrected chi connectivity index (χ3v) is 5.28. The van der Waals surface area contributed by atoms with Crippen LogP contribution in [0.4, 0.5) is 5.82 Å². The summed E-state index contributed by atoms with van der Waals surface area (Å²) in [5, 5.41) is 11.7. The van der Waals surface area contributed by atoms with E-state index in [1.807, 2.05) is 42.5 Å². The Balaban J connectivity index is 1.33. The molecule has 1 aliphatic rings. The fourth-order valence-corrected chi connectivity index (χ4v) is 3.65. The minimum Gasteiger partial charge on any atom is -0.354 e. The van der Waals surface area contributed by atoms with Crippen molar-refractivity contribution < 1.29 is 4.79 Å². The Morgan fingerprint density at radius 1 is 1.10 bits per heavy atom. The molecule has 154 valence electrons. The van der Waals surface area contributed by atoms with E-state index >= 15 is 0 Å². The summed E-state index contributed by atoms with van der Waals surface area (Å²) in [5.41, 5.74) is 1.73. The first-order valence-electron chi connectivity index (χ1n) is 10.1. The molecule has 1 aliphatic heterocycles. The second-order valence-corrected chi connectivity index (χ2v) is 7.33. The molecule has 1 amide bonds. The molecule has 0 bridgehead atoms. The molecule has 3 heterocycles. The van der Waals surface area contributed by atoms with Crippen LogP contribution in [0, 0.1) is 5.92 Å². The monoisotopic (exact) mass is 404 g/mol. The molecule has 30 heavy (non-hydrogen) atoms. The molecule has 1 atom stereocenters. The summed E-state index contributed by atoms with van der Waals surface area (Å²) < 4.78 is 1.48. The standard InChI is InChI=1S/C22H24N6O2/c29-21-10-11-23-16-28(21)14-12-24-22(30)18-7-4-13-27(15-18)20-9-8-19(25-26-20)17-5-2-1-3-6-17/h1-3,5-6,8-11,16,18H,4,7,12-15H2,(H,24,30). The van der Waals surface area contributed by atoms with Crippen LogP contribution in [-0.2, 0) is 11.3 Å². The van der Waals surface area contributed by atoms with Gasteiger partial charge in [-0.05, 0) is 25.0 Å². The van der Waals surface area contributed by atoms with Crippen LogP contribution in [-0.4, -0.2) is 45.3 Å². The molecule has 8 nitrogen and oxygen atoms in total. The van der Waals surface area contributed by atoms with E-state index in [1.54, 1.807) is 0 Å². The number of carbonyl (C=O) groups is 1. The summed E-state index contributed by atoms with van der Waals surface area (Å²) >= 11 is 0. The number of nitrogens with zero attached hydrogens (tertiary/aromatic N) is 5. The highest BCUT2D eigenvalue weighted by atomic mass is 16.2. The van der Waals surface area contributed by atoms with E-state index in [1.165, 1.54) is 23.2 Å². The van der Waals surface area contributed by atoms with Gasteiger partial charge in [0.15, 0.2) is 5.82 Å². The number of hydrogen-bond donors (Lipinski definition) is 1. The SMILES string of the molecule is O=C(NCCn1cnccc1=O)C1CCCN(c2ccc(-c3ccccc3)nn2)C1. The predicted octanol–water partition coefficient (Wildman–Crippen LogP) is 1.73. The molecule has 2 aromatic heterocycles. The minimum absolute atomic E-state index is 0.00510. The first kappa shape index (κ1) is 19.8. The van der Waals surface area contributed by atoms with Gasteiger partial charge in [-0.15, -0.1) is 10.2 Å². The van der Waals surface area contributed by atoms with Crippen molar-refractivity contribution in [3.8, 4) is 11.3 Å². The second-order valence-electron chi connectivity index (χ2n) is 7.33. The van der Waals surface area contributed by atoms with Gasteiger partial charge < -0.3 is 10.2 Å². The Morgan fingerprint density at radius 2 is 1.97 bits per heavy atom. The zero-order valence-electron chi connectivity index (χ0n) is 16.6. The quantitative estimate of drug-likeness (QED) is 0.673. The molecule has 1 aromatic carbocycles. The lowest BCUT2D eigenvalue weighted by atomic mass is 9.97. The first-order chi connectivity index (χ1) is 14.7. The van der Waals surface area contributed by atoms with Crippen molar-refractivity contribution in [2.75, 3.05) is 24.5 Å². The lowest BCUT2D eigenvalue weighted by molar-refractivity contribution is -0.125. The molecular formula is C22H24N6O2. The van der Waals surface area contributed by atoms with Crippen LogP contribution in [0.15, 0.2) is 65.8 Å². The fourth-order valence-electron chi connectivity index (χ4n) is 3.65. The van der Waals surface area contributed by atoms with E-state index in [-0.39, 0.29) is 17.4 Å². The van der Waals surface area contributed by atoms with Crippen molar-refractivity contribution in [2.24, 2.45) is 5.92 Å². The number of benzene rings is 1. The molecule has 1 unspecified atom stereocenters. The van der Waals surface area contributed by atoms with E-state index in [4.69, 9.17) is 0 Å². The van der Waals surface area contributed by atoms with Crippen molar-refractivity contribution in [1.82, 2.24) is 25.1 Å². The Labute approximate surface area is 174 Å². The third-order valence-electron chi connectivity index (χ3n) is 5.28. The Kier molecular flexibility index (Phi) is 6.12. The zero-order chi connectivity index (χ0) is 20.8. The molecule has 0 spiro atoms.